The lowest BCUT2D eigenvalue weighted by Crippen LogP contribution is -2.60. The smallest absolute Gasteiger partial charge is 0.310 e. The summed E-state index contributed by atoms with van der Waals surface area (Å²) in [4.78, 5) is 0. The molecule has 0 aromatic rings. The normalized spacial score (nSPS) is 14.5. The number of nitrogens with one attached hydrogen (secondary N) is 1. The van der Waals surface area contributed by atoms with Crippen molar-refractivity contribution in [2.45, 2.75) is 30.2 Å². The van der Waals surface area contributed by atoms with Crippen molar-refractivity contribution < 1.29 is 43.7 Å². The standard InChI is InChI=1S/C6H11N.C5H5F7O3S/c1-3-5-7-6-4-2;1-2(6)3(7,8)4(9,10)5(11,12)16(13,14)15/h3-4,7H,1-2,5-6H2;2H,1H3,(H,13,14,15). The van der Waals surface area contributed by atoms with Gasteiger partial charge in [0.2, 0.25) is 0 Å². The molecule has 0 saturated heterocycles. The number of hydrogen-bond acceptors (Lipinski definition) is 3. The molecule has 1 atom stereocenters. The Labute approximate surface area is 128 Å². The zero-order valence-corrected chi connectivity index (χ0v) is 12.7. The van der Waals surface area contributed by atoms with Crippen LogP contribution in [-0.4, -0.2) is 49.3 Å². The lowest BCUT2D eigenvalue weighted by Gasteiger charge is -2.31. The molecule has 0 fully saturated rings. The van der Waals surface area contributed by atoms with Crippen molar-refractivity contribution in [2.75, 3.05) is 13.1 Å². The fourth-order valence-electron chi connectivity index (χ4n) is 0.893. The fraction of sp³-hybridized carbons (Fsp3) is 0.636. The van der Waals surface area contributed by atoms with Crippen LogP contribution in [0.2, 0.25) is 0 Å². The Balaban J connectivity index is 0. The minimum absolute atomic E-state index is 0.159. The number of rotatable bonds is 8. The lowest BCUT2D eigenvalue weighted by atomic mass is 10.1. The predicted molar refractivity (Wildman–Crippen MR) is 70.2 cm³/mol. The summed E-state index contributed by atoms with van der Waals surface area (Å²) in [6.45, 7) is 8.65. The molecule has 12 heteroatoms. The third-order valence-electron chi connectivity index (χ3n) is 2.19. The van der Waals surface area contributed by atoms with E-state index in [0.717, 1.165) is 13.1 Å². The maximum atomic E-state index is 12.4. The van der Waals surface area contributed by atoms with E-state index in [9.17, 15) is 39.2 Å². The molecule has 1 unspecified atom stereocenters. The molecule has 0 aliphatic heterocycles. The first-order valence-electron chi connectivity index (χ1n) is 5.78. The topological polar surface area (TPSA) is 66.4 Å². The van der Waals surface area contributed by atoms with E-state index in [1.165, 1.54) is 0 Å². The van der Waals surface area contributed by atoms with Crippen molar-refractivity contribution in [2.24, 2.45) is 0 Å². The van der Waals surface area contributed by atoms with Crippen LogP contribution in [0, 0.1) is 0 Å². The largest absolute Gasteiger partial charge is 0.438 e. The predicted octanol–water partition coefficient (Wildman–Crippen LogP) is 3.04. The molecule has 23 heavy (non-hydrogen) atoms. The van der Waals surface area contributed by atoms with E-state index in [2.05, 4.69) is 18.5 Å². The van der Waals surface area contributed by atoms with Crippen molar-refractivity contribution >= 4 is 10.1 Å². The monoisotopic (exact) mass is 375 g/mol. The zero-order chi connectivity index (χ0) is 19.1. The molecule has 0 bridgehead atoms. The molecule has 0 spiro atoms. The summed E-state index contributed by atoms with van der Waals surface area (Å²) in [5, 5.41) is -3.45. The first kappa shape index (κ1) is 24.1. The quantitative estimate of drug-likeness (QED) is 0.296. The Bertz CT molecular complexity index is 484. The molecule has 0 saturated carbocycles. The van der Waals surface area contributed by atoms with Gasteiger partial charge in [-0.3, -0.25) is 4.55 Å². The average Bonchev–Trinajstić information content (AvgIpc) is 2.38. The SMILES string of the molecule is C=CCNCC=C.CC(F)C(F)(F)C(F)(F)C(F)(F)S(=O)(=O)O. The molecule has 0 aliphatic rings. The highest BCUT2D eigenvalue weighted by Crippen LogP contribution is 2.49. The number of hydrogen-bond donors (Lipinski definition) is 2. The van der Waals surface area contributed by atoms with Gasteiger partial charge in [-0.05, 0) is 6.92 Å². The molecule has 138 valence electrons. The van der Waals surface area contributed by atoms with Crippen molar-refractivity contribution in [1.29, 1.82) is 0 Å². The molecule has 0 aliphatic carbocycles. The fourth-order valence-corrected chi connectivity index (χ4v) is 1.35. The zero-order valence-electron chi connectivity index (χ0n) is 11.9. The van der Waals surface area contributed by atoms with Crippen LogP contribution in [0.15, 0.2) is 25.3 Å². The molecular weight excluding hydrogens is 359 g/mol. The lowest BCUT2D eigenvalue weighted by molar-refractivity contribution is -0.297. The van der Waals surface area contributed by atoms with Crippen LogP contribution in [0.3, 0.4) is 0 Å². The second-order valence-corrected chi connectivity index (χ2v) is 5.50. The summed E-state index contributed by atoms with van der Waals surface area (Å²) >= 11 is 0. The maximum Gasteiger partial charge on any atom is 0.438 e. The van der Waals surface area contributed by atoms with Gasteiger partial charge >= 0.3 is 27.2 Å². The van der Waals surface area contributed by atoms with E-state index < -0.39 is 33.4 Å². The van der Waals surface area contributed by atoms with Gasteiger partial charge in [0, 0.05) is 13.1 Å². The van der Waals surface area contributed by atoms with Gasteiger partial charge in [-0.2, -0.15) is 34.8 Å². The first-order chi connectivity index (χ1) is 10.1. The third-order valence-corrected chi connectivity index (χ3v) is 3.09. The number of halogens is 7. The highest BCUT2D eigenvalue weighted by atomic mass is 32.2. The second-order valence-electron chi connectivity index (χ2n) is 4.04. The van der Waals surface area contributed by atoms with E-state index in [4.69, 9.17) is 4.55 Å². The van der Waals surface area contributed by atoms with Gasteiger partial charge in [-0.15, -0.1) is 13.2 Å². The van der Waals surface area contributed by atoms with Crippen LogP contribution in [0.25, 0.3) is 0 Å². The Morgan fingerprint density at radius 1 is 1.09 bits per heavy atom. The van der Waals surface area contributed by atoms with Crippen LogP contribution in [0.1, 0.15) is 6.92 Å². The molecule has 4 nitrogen and oxygen atoms in total. The van der Waals surface area contributed by atoms with Crippen molar-refractivity contribution in [3.63, 3.8) is 0 Å². The summed E-state index contributed by atoms with van der Waals surface area (Å²) < 4.78 is 114. The Hall–Kier alpha value is -1.14. The van der Waals surface area contributed by atoms with Crippen LogP contribution in [0.4, 0.5) is 30.7 Å². The summed E-state index contributed by atoms with van der Waals surface area (Å²) in [7, 11) is -6.81. The summed E-state index contributed by atoms with van der Waals surface area (Å²) in [5.41, 5.74) is 0. The molecule has 0 aromatic heterocycles. The summed E-state index contributed by atoms with van der Waals surface area (Å²) in [5.74, 6) is -12.5. The van der Waals surface area contributed by atoms with Gasteiger partial charge in [-0.25, -0.2) is 4.39 Å². The maximum absolute atomic E-state index is 12.4. The third kappa shape index (κ3) is 5.77. The average molecular weight is 375 g/mol. The van der Waals surface area contributed by atoms with Crippen LogP contribution >= 0.6 is 0 Å². The van der Waals surface area contributed by atoms with Crippen molar-refractivity contribution in [3.8, 4) is 0 Å². The summed E-state index contributed by atoms with van der Waals surface area (Å²) in [6.07, 6.45) is -0.0948. The Morgan fingerprint density at radius 2 is 1.43 bits per heavy atom. The van der Waals surface area contributed by atoms with E-state index in [0.29, 0.717) is 0 Å². The highest BCUT2D eigenvalue weighted by Gasteiger charge is 2.79. The molecule has 0 radical (unpaired) electrons. The van der Waals surface area contributed by atoms with E-state index in [1.54, 1.807) is 0 Å². The number of alkyl halides is 7. The molecule has 0 heterocycles. The molecule has 2 N–H and O–H groups in total. The molecule has 0 aromatic carbocycles. The summed E-state index contributed by atoms with van der Waals surface area (Å²) in [6, 6.07) is 0. The van der Waals surface area contributed by atoms with E-state index in [1.807, 2.05) is 12.2 Å². The minimum atomic E-state index is -6.81. The van der Waals surface area contributed by atoms with Gasteiger partial charge in [0.1, 0.15) is 0 Å². The van der Waals surface area contributed by atoms with Gasteiger partial charge in [0.25, 0.3) is 0 Å². The van der Waals surface area contributed by atoms with Gasteiger partial charge < -0.3 is 5.32 Å². The molecular formula is C11H16F7NO3S. The Morgan fingerprint density at radius 3 is 1.65 bits per heavy atom. The van der Waals surface area contributed by atoms with E-state index >= 15 is 0 Å². The van der Waals surface area contributed by atoms with Gasteiger partial charge in [-0.1, -0.05) is 12.2 Å². The van der Waals surface area contributed by atoms with Gasteiger partial charge in [0.15, 0.2) is 6.17 Å². The van der Waals surface area contributed by atoms with Crippen molar-refractivity contribution in [1.82, 2.24) is 5.32 Å². The molecule has 0 amide bonds. The minimum Gasteiger partial charge on any atom is -0.310 e. The van der Waals surface area contributed by atoms with Crippen LogP contribution < -0.4 is 5.32 Å². The highest BCUT2D eigenvalue weighted by molar-refractivity contribution is 7.87. The van der Waals surface area contributed by atoms with Crippen LogP contribution in [-0.2, 0) is 10.1 Å². The second kappa shape index (κ2) is 8.64. The Kier molecular flexibility index (Phi) is 9.06. The first-order valence-corrected chi connectivity index (χ1v) is 7.22. The van der Waals surface area contributed by atoms with Gasteiger partial charge in [0.05, 0.1) is 0 Å². The van der Waals surface area contributed by atoms with Crippen molar-refractivity contribution in [3.05, 3.63) is 25.3 Å². The van der Waals surface area contributed by atoms with Crippen LogP contribution in [0.5, 0.6) is 0 Å². The van der Waals surface area contributed by atoms with E-state index in [-0.39, 0.29) is 6.92 Å². The molecule has 0 rings (SSSR count).